The van der Waals surface area contributed by atoms with Gasteiger partial charge < -0.3 is 9.84 Å². The second kappa shape index (κ2) is 3.87. The fourth-order valence-corrected chi connectivity index (χ4v) is 1.82. The van der Waals surface area contributed by atoms with Crippen molar-refractivity contribution in [2.24, 2.45) is 0 Å². The van der Waals surface area contributed by atoms with Crippen LogP contribution in [0.2, 0.25) is 0 Å². The summed E-state index contributed by atoms with van der Waals surface area (Å²) in [5.74, 6) is 0.0497. The van der Waals surface area contributed by atoms with Gasteiger partial charge in [-0.05, 0) is 41.9 Å². The van der Waals surface area contributed by atoms with E-state index in [9.17, 15) is 9.50 Å². The molecule has 1 rings (SSSR count). The van der Waals surface area contributed by atoms with Gasteiger partial charge in [-0.1, -0.05) is 0 Å². The Morgan fingerprint density at radius 3 is 2.43 bits per heavy atom. The number of hydrogen-bond donors (Lipinski definition) is 1. The third-order valence-corrected chi connectivity index (χ3v) is 2.46. The zero-order valence-electron chi connectivity index (χ0n) is 8.27. The Bertz CT molecular complexity index is 345. The van der Waals surface area contributed by atoms with Crippen LogP contribution in [0.3, 0.4) is 0 Å². The van der Waals surface area contributed by atoms with E-state index in [1.54, 1.807) is 13.8 Å². The number of hydrogen-bond acceptors (Lipinski definition) is 2. The molecule has 0 radical (unpaired) electrons. The van der Waals surface area contributed by atoms with E-state index < -0.39 is 11.4 Å². The molecule has 0 heterocycles. The number of halogens is 2. The molecule has 1 aromatic rings. The molecule has 78 valence electrons. The van der Waals surface area contributed by atoms with Crippen molar-refractivity contribution in [1.29, 1.82) is 0 Å². The normalized spacial score (nSPS) is 11.6. The average molecular weight is 263 g/mol. The maximum Gasteiger partial charge on any atom is 0.139 e. The minimum Gasteiger partial charge on any atom is -0.495 e. The monoisotopic (exact) mass is 262 g/mol. The molecule has 1 aromatic carbocycles. The molecule has 0 amide bonds. The third kappa shape index (κ3) is 2.25. The van der Waals surface area contributed by atoms with Gasteiger partial charge in [0.15, 0.2) is 0 Å². The highest BCUT2D eigenvalue weighted by atomic mass is 79.9. The van der Waals surface area contributed by atoms with Gasteiger partial charge in [0, 0.05) is 5.56 Å². The van der Waals surface area contributed by atoms with Gasteiger partial charge in [0.05, 0.1) is 17.2 Å². The van der Waals surface area contributed by atoms with E-state index in [2.05, 4.69) is 15.9 Å². The van der Waals surface area contributed by atoms with Gasteiger partial charge in [0.2, 0.25) is 0 Å². The minimum absolute atomic E-state index is 0.408. The Morgan fingerprint density at radius 2 is 2.00 bits per heavy atom. The predicted molar refractivity (Wildman–Crippen MR) is 55.9 cm³/mol. The Morgan fingerprint density at radius 1 is 1.43 bits per heavy atom. The lowest BCUT2D eigenvalue weighted by molar-refractivity contribution is 0.0751. The van der Waals surface area contributed by atoms with Crippen LogP contribution in [0.15, 0.2) is 16.6 Å². The molecule has 1 N–H and O–H groups in total. The summed E-state index contributed by atoms with van der Waals surface area (Å²) in [6.45, 7) is 3.16. The molecule has 0 aliphatic heterocycles. The van der Waals surface area contributed by atoms with E-state index in [1.165, 1.54) is 19.2 Å². The Labute approximate surface area is 90.8 Å². The lowest BCUT2D eigenvalue weighted by atomic mass is 9.97. The first-order valence-corrected chi connectivity index (χ1v) is 4.91. The van der Waals surface area contributed by atoms with Crippen molar-refractivity contribution in [1.82, 2.24) is 0 Å². The number of ether oxygens (including phenoxy) is 1. The zero-order valence-corrected chi connectivity index (χ0v) is 9.85. The second-order valence-corrected chi connectivity index (χ2v) is 4.38. The average Bonchev–Trinajstić information content (AvgIpc) is 2.01. The molecule has 0 spiro atoms. The fourth-order valence-electron chi connectivity index (χ4n) is 1.22. The molecule has 0 fully saturated rings. The maximum atomic E-state index is 13.1. The molecule has 2 nitrogen and oxygen atoms in total. The van der Waals surface area contributed by atoms with Crippen LogP contribution in [0.5, 0.6) is 5.75 Å². The van der Waals surface area contributed by atoms with Crippen LogP contribution < -0.4 is 4.74 Å². The summed E-state index contributed by atoms with van der Waals surface area (Å²) in [6, 6.07) is 2.57. The zero-order chi connectivity index (χ0) is 10.9. The van der Waals surface area contributed by atoms with Crippen molar-refractivity contribution in [2.45, 2.75) is 19.4 Å². The molecular weight excluding hydrogens is 251 g/mol. The van der Waals surface area contributed by atoms with Gasteiger partial charge in [-0.3, -0.25) is 0 Å². The second-order valence-electron chi connectivity index (χ2n) is 3.53. The molecule has 0 unspecified atom stereocenters. The van der Waals surface area contributed by atoms with Crippen LogP contribution in [0.4, 0.5) is 4.39 Å². The number of rotatable bonds is 2. The molecule has 4 heteroatoms. The summed E-state index contributed by atoms with van der Waals surface area (Å²) in [7, 11) is 1.48. The SMILES string of the molecule is COc1c(Br)cc(F)cc1C(C)(C)O. The highest BCUT2D eigenvalue weighted by molar-refractivity contribution is 9.10. The smallest absolute Gasteiger partial charge is 0.139 e. The van der Waals surface area contributed by atoms with Gasteiger partial charge in [-0.25, -0.2) is 4.39 Å². The first-order chi connectivity index (χ1) is 6.36. The van der Waals surface area contributed by atoms with E-state index >= 15 is 0 Å². The number of benzene rings is 1. The Balaban J connectivity index is 3.40. The van der Waals surface area contributed by atoms with Gasteiger partial charge in [0.1, 0.15) is 11.6 Å². The summed E-state index contributed by atoms with van der Waals surface area (Å²) in [5, 5.41) is 9.78. The van der Waals surface area contributed by atoms with Gasteiger partial charge in [0.25, 0.3) is 0 Å². The van der Waals surface area contributed by atoms with Crippen molar-refractivity contribution >= 4 is 15.9 Å². The van der Waals surface area contributed by atoms with E-state index in [-0.39, 0.29) is 0 Å². The van der Waals surface area contributed by atoms with Gasteiger partial charge >= 0.3 is 0 Å². The van der Waals surface area contributed by atoms with Crippen LogP contribution in [-0.2, 0) is 5.60 Å². The molecule has 0 aliphatic carbocycles. The first kappa shape index (κ1) is 11.5. The van der Waals surface area contributed by atoms with Crippen molar-refractivity contribution in [3.8, 4) is 5.75 Å². The third-order valence-electron chi connectivity index (χ3n) is 1.87. The van der Waals surface area contributed by atoms with Crippen LogP contribution in [0.25, 0.3) is 0 Å². The van der Waals surface area contributed by atoms with Crippen LogP contribution in [0, 0.1) is 5.82 Å². The molecule has 0 atom stereocenters. The standard InChI is InChI=1S/C10H12BrFO2/c1-10(2,13)7-4-6(12)5-8(11)9(7)14-3/h4-5,13H,1-3H3. The molecule has 0 saturated carbocycles. The maximum absolute atomic E-state index is 13.1. The molecule has 0 bridgehead atoms. The van der Waals surface area contributed by atoms with Crippen molar-refractivity contribution in [3.05, 3.63) is 28.0 Å². The first-order valence-electron chi connectivity index (χ1n) is 4.12. The van der Waals surface area contributed by atoms with Crippen LogP contribution in [-0.4, -0.2) is 12.2 Å². The number of aliphatic hydroxyl groups is 1. The summed E-state index contributed by atoms with van der Waals surface area (Å²) in [5.41, 5.74) is -0.706. The van der Waals surface area contributed by atoms with E-state index in [0.29, 0.717) is 15.8 Å². The quantitative estimate of drug-likeness (QED) is 0.889. The lowest BCUT2D eigenvalue weighted by Gasteiger charge is -2.21. The van der Waals surface area contributed by atoms with Crippen molar-refractivity contribution in [3.63, 3.8) is 0 Å². The topological polar surface area (TPSA) is 29.5 Å². The van der Waals surface area contributed by atoms with E-state index in [0.717, 1.165) is 0 Å². The van der Waals surface area contributed by atoms with E-state index in [4.69, 9.17) is 4.74 Å². The molecular formula is C10H12BrFO2. The number of methoxy groups -OCH3 is 1. The highest BCUT2D eigenvalue weighted by Crippen LogP contribution is 2.36. The van der Waals surface area contributed by atoms with Crippen molar-refractivity contribution < 1.29 is 14.2 Å². The van der Waals surface area contributed by atoms with Gasteiger partial charge in [-0.2, -0.15) is 0 Å². The Kier molecular flexibility index (Phi) is 3.17. The molecule has 0 aromatic heterocycles. The van der Waals surface area contributed by atoms with E-state index in [1.807, 2.05) is 0 Å². The summed E-state index contributed by atoms with van der Waals surface area (Å²) >= 11 is 3.17. The largest absolute Gasteiger partial charge is 0.495 e. The summed E-state index contributed by atoms with van der Waals surface area (Å²) in [4.78, 5) is 0. The van der Waals surface area contributed by atoms with Crippen LogP contribution >= 0.6 is 15.9 Å². The highest BCUT2D eigenvalue weighted by Gasteiger charge is 2.23. The Hall–Kier alpha value is -0.610. The molecule has 14 heavy (non-hydrogen) atoms. The van der Waals surface area contributed by atoms with Crippen LogP contribution in [0.1, 0.15) is 19.4 Å². The summed E-state index contributed by atoms with van der Waals surface area (Å²) in [6.07, 6.45) is 0. The molecule has 0 saturated heterocycles. The lowest BCUT2D eigenvalue weighted by Crippen LogP contribution is -2.17. The fraction of sp³-hybridized carbons (Fsp3) is 0.400. The minimum atomic E-state index is -1.13. The predicted octanol–water partition coefficient (Wildman–Crippen LogP) is 2.82. The summed E-state index contributed by atoms with van der Waals surface area (Å²) < 4.78 is 18.7. The van der Waals surface area contributed by atoms with Crippen molar-refractivity contribution in [2.75, 3.05) is 7.11 Å². The molecule has 0 aliphatic rings. The van der Waals surface area contributed by atoms with Gasteiger partial charge in [-0.15, -0.1) is 0 Å².